The summed E-state index contributed by atoms with van der Waals surface area (Å²) in [6.45, 7) is 1.27. The van der Waals surface area contributed by atoms with E-state index in [0.717, 1.165) is 16.7 Å². The van der Waals surface area contributed by atoms with Crippen molar-refractivity contribution in [2.75, 3.05) is 102 Å². The number of amides is 1. The Bertz CT molecular complexity index is 4730. The number of hydrogen-bond acceptors (Lipinski definition) is 25. The Balaban J connectivity index is 0.686. The number of unbranched alkanes of at least 4 members (excludes halogenated alkanes) is 2. The first-order chi connectivity index (χ1) is 47.6. The minimum atomic E-state index is -4.91. The number of aromatic nitrogens is 6. The van der Waals surface area contributed by atoms with Crippen LogP contribution in [0, 0.1) is 0 Å². The summed E-state index contributed by atoms with van der Waals surface area (Å²) in [6.07, 6.45) is 8.02. The Hall–Kier alpha value is -11.0. The first-order valence-electron chi connectivity index (χ1n) is 31.8. The van der Waals surface area contributed by atoms with E-state index in [2.05, 4.69) is 29.9 Å². The summed E-state index contributed by atoms with van der Waals surface area (Å²) < 4.78 is 75.5. The molecule has 2 aliphatic heterocycles. The SMILES string of the molecule is COc1cc(Cc2cnc(N)nc2N)cc(OC)c1OCCCCCC(=O)c1ccc2c(c1)C1(C=C(c3cc4ccc(N(C)CC(=O)CCCOCCOCC(=O)CCc5ccc(COc6nc(N)nc7[nH]cnc67)cc5)cc4oc3=O)Oc3cc(N(C)C)ccc31)N(S(N)(=O)=O)C2=O. The van der Waals surface area contributed by atoms with Crippen molar-refractivity contribution in [3.05, 3.63) is 176 Å². The number of Topliss-reactive ketones (excluding diaryl/α,β-unsaturated/α-hetero) is 3. The molecule has 5 aromatic carbocycles. The zero-order valence-electron chi connectivity index (χ0n) is 55.2. The molecule has 1 spiro atoms. The number of aromatic amines is 1. The summed E-state index contributed by atoms with van der Waals surface area (Å²) >= 11 is 0. The minimum absolute atomic E-state index is 0.0395. The number of H-pyrrole nitrogens is 1. The van der Waals surface area contributed by atoms with Gasteiger partial charge in [0.25, 0.3) is 5.91 Å². The molecule has 0 saturated carbocycles. The standard InChI is InChI=1S/C70H75N13O15S/c1-81(2)47-20-23-53-57(33-47)97-60(35-70(53)54-32-44(18-22-51(54)66(87)83(70)99(74,89)90)55(86)11-7-6-8-25-95-62-58(91-4)29-43(30-59(62)92-5)28-46-36-75-68(72)78-63(46)71)52-31-45-17-19-48(34-56(45)98-67(52)88)82(3)37-49(84)10-9-24-93-26-27-94-39-50(85)21-16-41-12-14-42(15-13-41)38-96-65-61-64(77-40-76-61)79-69(73)80-65/h12-15,17-20,22-23,29-36,40H,6-11,16,21,24-28,37-39H2,1-5H3,(H2,74,89,90)(H4,71,72,75,78)(H3,73,76,77,79,80). The van der Waals surface area contributed by atoms with E-state index in [4.69, 9.17) is 59.9 Å². The lowest BCUT2D eigenvalue weighted by atomic mass is 9.79. The lowest BCUT2D eigenvalue weighted by Crippen LogP contribution is -2.51. The lowest BCUT2D eigenvalue weighted by molar-refractivity contribution is -0.124. The van der Waals surface area contributed by atoms with E-state index in [1.807, 2.05) is 36.4 Å². The molecule has 29 heteroatoms. The van der Waals surface area contributed by atoms with Gasteiger partial charge in [-0.05, 0) is 103 Å². The second-order valence-electron chi connectivity index (χ2n) is 24.0. The van der Waals surface area contributed by atoms with E-state index >= 15 is 0 Å². The van der Waals surface area contributed by atoms with Crippen molar-refractivity contribution in [3.63, 3.8) is 0 Å². The molecule has 28 nitrogen and oxygen atoms in total. The third kappa shape index (κ3) is 15.7. The van der Waals surface area contributed by atoms with Gasteiger partial charge in [0.05, 0.1) is 46.9 Å². The van der Waals surface area contributed by atoms with E-state index in [0.29, 0.717) is 107 Å². The van der Waals surface area contributed by atoms with E-state index < -0.39 is 27.3 Å². The number of aryl methyl sites for hydroxylation is 1. The maximum absolute atomic E-state index is 14.6. The molecule has 0 radical (unpaired) electrons. The number of ketones is 3. The molecule has 0 fully saturated rings. The van der Waals surface area contributed by atoms with Crippen molar-refractivity contribution >= 4 is 90.4 Å². The highest BCUT2D eigenvalue weighted by Gasteiger charge is 2.58. The number of hydrogen-bond donors (Lipinski definition) is 5. The highest BCUT2D eigenvalue weighted by Crippen LogP contribution is 2.54. The quantitative estimate of drug-likeness (QED) is 0.0152. The Labute approximate surface area is 569 Å². The Kier molecular flexibility index (Phi) is 21.1. The second kappa shape index (κ2) is 30.2. The molecule has 0 saturated heterocycles. The minimum Gasteiger partial charge on any atom is -0.493 e. The predicted octanol–water partition coefficient (Wildman–Crippen LogP) is 7.43. The van der Waals surface area contributed by atoms with Crippen LogP contribution in [0.2, 0.25) is 0 Å². The number of nitrogens with zero attached hydrogens (tertiary/aromatic N) is 8. The first kappa shape index (κ1) is 69.3. The normalized spacial score (nSPS) is 14.0. The molecule has 1 atom stereocenters. The third-order valence-corrected chi connectivity index (χ3v) is 17.9. The maximum atomic E-state index is 14.6. The molecule has 4 aromatic heterocycles. The molecule has 0 bridgehead atoms. The predicted molar refractivity (Wildman–Crippen MR) is 369 cm³/mol. The molecule has 99 heavy (non-hydrogen) atoms. The Morgan fingerprint density at radius 2 is 1.45 bits per heavy atom. The van der Waals surface area contributed by atoms with Gasteiger partial charge in [-0.25, -0.2) is 24.2 Å². The number of ether oxygens (including phenoxy) is 7. The van der Waals surface area contributed by atoms with E-state index in [1.54, 1.807) is 73.5 Å². The lowest BCUT2D eigenvalue weighted by Gasteiger charge is -2.39. The fourth-order valence-corrected chi connectivity index (χ4v) is 12.8. The topological polar surface area (TPSA) is 391 Å². The molecule has 11 rings (SSSR count). The number of nitrogens with two attached hydrogens (primary N) is 4. The van der Waals surface area contributed by atoms with Crippen LogP contribution < -0.4 is 61.4 Å². The van der Waals surface area contributed by atoms with Crippen LogP contribution in [0.1, 0.15) is 105 Å². The summed E-state index contributed by atoms with van der Waals surface area (Å²) in [5, 5.41) is 6.44. The van der Waals surface area contributed by atoms with Crippen molar-refractivity contribution in [1.82, 2.24) is 34.2 Å². The highest BCUT2D eigenvalue weighted by atomic mass is 32.2. The van der Waals surface area contributed by atoms with Crippen molar-refractivity contribution in [3.8, 4) is 28.9 Å². The van der Waals surface area contributed by atoms with Crippen LogP contribution in [0.4, 0.5) is 29.1 Å². The molecular formula is C70H75N13O15S. The molecule has 9 aromatic rings. The van der Waals surface area contributed by atoms with Gasteiger partial charge in [-0.1, -0.05) is 36.4 Å². The van der Waals surface area contributed by atoms with Crippen molar-refractivity contribution in [2.24, 2.45) is 5.14 Å². The van der Waals surface area contributed by atoms with Gasteiger partial charge in [-0.15, -0.1) is 0 Å². The van der Waals surface area contributed by atoms with E-state index in [-0.39, 0.29) is 138 Å². The largest absolute Gasteiger partial charge is 0.493 e. The van der Waals surface area contributed by atoms with Crippen molar-refractivity contribution < 1.29 is 65.2 Å². The number of fused-ring (bicyclic) bond motifs is 6. The number of methoxy groups -OCH3 is 2. The van der Waals surface area contributed by atoms with Crippen molar-refractivity contribution in [1.29, 1.82) is 0 Å². The summed E-state index contributed by atoms with van der Waals surface area (Å²) in [4.78, 5) is 95.7. The molecule has 0 aliphatic carbocycles. The van der Waals surface area contributed by atoms with Crippen LogP contribution in [0.25, 0.3) is 27.9 Å². The Morgan fingerprint density at radius 1 is 0.697 bits per heavy atom. The monoisotopic (exact) mass is 1370 g/mol. The second-order valence-corrected chi connectivity index (χ2v) is 25.4. The van der Waals surface area contributed by atoms with E-state index in [9.17, 15) is 32.4 Å². The Morgan fingerprint density at radius 3 is 2.20 bits per heavy atom. The fraction of sp³-hybridized carbons (Fsp3) is 0.314. The number of rotatable bonds is 33. The zero-order valence-corrected chi connectivity index (χ0v) is 56.0. The molecule has 1 unspecified atom stereocenters. The summed E-state index contributed by atoms with van der Waals surface area (Å²) in [6, 6.07) is 27.3. The number of imidazole rings is 1. The summed E-state index contributed by atoms with van der Waals surface area (Å²) in [7, 11) is 3.46. The number of likely N-dealkylation sites (N-methyl/N-ethyl adjacent to an activating group) is 1. The van der Waals surface area contributed by atoms with Crippen LogP contribution in [0.5, 0.6) is 28.9 Å². The van der Waals surface area contributed by atoms with Crippen LogP contribution in [0.3, 0.4) is 0 Å². The average Bonchev–Trinajstić information content (AvgIpc) is 1.56. The fourth-order valence-electron chi connectivity index (χ4n) is 11.9. The van der Waals surface area contributed by atoms with Gasteiger partial charge in [-0.2, -0.15) is 23.4 Å². The van der Waals surface area contributed by atoms with Gasteiger partial charge in [0.1, 0.15) is 47.2 Å². The smallest absolute Gasteiger partial charge is 0.347 e. The molecule has 516 valence electrons. The summed E-state index contributed by atoms with van der Waals surface area (Å²) in [5.74, 6) is 0.572. The third-order valence-electron chi connectivity index (χ3n) is 16.9. The highest BCUT2D eigenvalue weighted by molar-refractivity contribution is 7.87. The molecule has 6 heterocycles. The number of nitrogen functional groups attached to an aromatic ring is 3. The molecule has 9 N–H and O–H groups in total. The van der Waals surface area contributed by atoms with Gasteiger partial charge in [-0.3, -0.25) is 19.2 Å². The summed E-state index contributed by atoms with van der Waals surface area (Å²) in [5.41, 5.74) is 20.7. The molecular weight excluding hydrogens is 1290 g/mol. The van der Waals surface area contributed by atoms with Crippen LogP contribution >= 0.6 is 0 Å². The first-order valence-corrected chi connectivity index (χ1v) is 33.3. The van der Waals surface area contributed by atoms with Gasteiger partial charge in [0.15, 0.2) is 40.0 Å². The molecule has 2 aliphatic rings. The number of carbonyl (C=O) groups is 4. The number of anilines is 5. The van der Waals surface area contributed by atoms with E-state index in [1.165, 1.54) is 50.9 Å². The van der Waals surface area contributed by atoms with Gasteiger partial charge in [0.2, 0.25) is 23.5 Å². The van der Waals surface area contributed by atoms with Crippen LogP contribution in [-0.4, -0.2) is 141 Å². The number of nitrogens with one attached hydrogen (secondary N) is 1. The van der Waals surface area contributed by atoms with Gasteiger partial charge >= 0.3 is 15.8 Å². The van der Waals surface area contributed by atoms with Crippen LogP contribution in [0.15, 0.2) is 125 Å². The van der Waals surface area contributed by atoms with Crippen molar-refractivity contribution in [2.45, 2.75) is 69.9 Å². The number of benzene rings is 5. The van der Waals surface area contributed by atoms with Crippen LogP contribution in [-0.2, 0) is 54.3 Å². The van der Waals surface area contributed by atoms with Gasteiger partial charge in [0, 0.05) is 116 Å². The maximum Gasteiger partial charge on any atom is 0.347 e. The van der Waals surface area contributed by atoms with Gasteiger partial charge < -0.3 is 69.6 Å². The number of carbonyl (C=O) groups excluding carboxylic acids is 4. The molecule has 1 amide bonds. The zero-order chi connectivity index (χ0) is 70.1. The average molecular weight is 1370 g/mol.